The van der Waals surface area contributed by atoms with Gasteiger partial charge in [-0.3, -0.25) is 19.1 Å². The Morgan fingerprint density at radius 1 is 1.12 bits per heavy atom. The Kier molecular flexibility index (Phi) is 4.11. The van der Waals surface area contributed by atoms with Gasteiger partial charge in [-0.2, -0.15) is 0 Å². The molecule has 1 N–H and O–H groups in total. The van der Waals surface area contributed by atoms with Crippen molar-refractivity contribution in [2.45, 2.75) is 6.92 Å². The van der Waals surface area contributed by atoms with Gasteiger partial charge in [0.1, 0.15) is 6.26 Å². The van der Waals surface area contributed by atoms with Crippen molar-refractivity contribution in [3.8, 4) is 0 Å². The van der Waals surface area contributed by atoms with Crippen molar-refractivity contribution in [3.05, 3.63) is 98.7 Å². The fourth-order valence-corrected chi connectivity index (χ4v) is 2.26. The number of rotatable bonds is 4. The van der Waals surface area contributed by atoms with Gasteiger partial charge in [-0.05, 0) is 18.6 Å². The average Bonchev–Trinajstić information content (AvgIpc) is 3.11. The van der Waals surface area contributed by atoms with Crippen LogP contribution in [0.3, 0.4) is 0 Å². The second-order valence-corrected chi connectivity index (χ2v) is 5.21. The van der Waals surface area contributed by atoms with Crippen molar-refractivity contribution in [1.29, 1.82) is 0 Å². The molecular weight excluding hydrogens is 308 g/mol. The topological polar surface area (TPSA) is 85.1 Å². The summed E-state index contributed by atoms with van der Waals surface area (Å²) >= 11 is 0. The van der Waals surface area contributed by atoms with E-state index in [2.05, 4.69) is 4.98 Å². The number of aryl methyl sites for hydroxylation is 1. The molecular formula is C18H14N2O4. The van der Waals surface area contributed by atoms with Crippen molar-refractivity contribution in [1.82, 2.24) is 9.55 Å². The van der Waals surface area contributed by atoms with Gasteiger partial charge in [0.25, 0.3) is 5.56 Å². The summed E-state index contributed by atoms with van der Waals surface area (Å²) in [6.45, 7) is 1.59. The van der Waals surface area contributed by atoms with Gasteiger partial charge >= 0.3 is 5.69 Å². The molecule has 3 aromatic rings. The standard InChI is InChI=1S/C18H14N2O4/c1-12-10-20(18(23)19-17(12)22)15(13-5-3-2-4-6-13)9-16(21)14-7-8-24-11-14/h2-11H,1H3,(H,19,22,23). The number of aromatic nitrogens is 2. The van der Waals surface area contributed by atoms with Crippen LogP contribution in [0.15, 0.2) is 75.2 Å². The van der Waals surface area contributed by atoms with E-state index in [1.165, 1.54) is 29.4 Å². The molecule has 0 saturated carbocycles. The van der Waals surface area contributed by atoms with Crippen molar-refractivity contribution < 1.29 is 9.21 Å². The maximum atomic E-state index is 12.4. The number of furan rings is 1. The van der Waals surface area contributed by atoms with Gasteiger partial charge in [0, 0.05) is 17.8 Å². The summed E-state index contributed by atoms with van der Waals surface area (Å²) in [5, 5.41) is 0. The summed E-state index contributed by atoms with van der Waals surface area (Å²) in [4.78, 5) is 38.5. The SMILES string of the molecule is Cc1cn(C(=CC(=O)c2ccoc2)c2ccccc2)c(=O)[nH]c1=O. The molecule has 0 aliphatic heterocycles. The first kappa shape index (κ1) is 15.5. The Morgan fingerprint density at radius 3 is 2.54 bits per heavy atom. The third-order valence-corrected chi connectivity index (χ3v) is 3.52. The molecule has 0 amide bonds. The minimum Gasteiger partial charge on any atom is -0.472 e. The van der Waals surface area contributed by atoms with Crippen LogP contribution in [-0.4, -0.2) is 15.3 Å². The second kappa shape index (κ2) is 6.37. The summed E-state index contributed by atoms with van der Waals surface area (Å²) in [5.74, 6) is -0.307. The molecule has 0 spiro atoms. The van der Waals surface area contributed by atoms with Gasteiger partial charge < -0.3 is 4.42 Å². The highest BCUT2D eigenvalue weighted by Crippen LogP contribution is 2.16. The molecule has 1 aromatic carbocycles. The lowest BCUT2D eigenvalue weighted by atomic mass is 10.1. The molecule has 3 rings (SSSR count). The Balaban J connectivity index is 2.21. The van der Waals surface area contributed by atoms with E-state index in [0.717, 1.165) is 0 Å². The first-order valence-corrected chi connectivity index (χ1v) is 7.23. The number of ketones is 1. The molecule has 24 heavy (non-hydrogen) atoms. The third kappa shape index (κ3) is 3.03. The van der Waals surface area contributed by atoms with Crippen molar-refractivity contribution in [2.75, 3.05) is 0 Å². The van der Waals surface area contributed by atoms with E-state index in [4.69, 9.17) is 4.42 Å². The van der Waals surface area contributed by atoms with Crippen molar-refractivity contribution in [2.24, 2.45) is 0 Å². The van der Waals surface area contributed by atoms with Gasteiger partial charge in [0.2, 0.25) is 0 Å². The predicted molar refractivity (Wildman–Crippen MR) is 88.9 cm³/mol. The highest BCUT2D eigenvalue weighted by atomic mass is 16.3. The van der Waals surface area contributed by atoms with Gasteiger partial charge in [0.05, 0.1) is 17.5 Å². The Morgan fingerprint density at radius 2 is 1.88 bits per heavy atom. The molecule has 0 aliphatic rings. The van der Waals surface area contributed by atoms with E-state index in [0.29, 0.717) is 22.4 Å². The molecule has 0 aliphatic carbocycles. The minimum atomic E-state index is -0.610. The number of allylic oxidation sites excluding steroid dienone is 1. The molecule has 2 aromatic heterocycles. The van der Waals surface area contributed by atoms with E-state index < -0.39 is 11.2 Å². The molecule has 0 bridgehead atoms. The Bertz CT molecular complexity index is 1010. The highest BCUT2D eigenvalue weighted by molar-refractivity contribution is 6.08. The molecule has 0 atom stereocenters. The normalized spacial score (nSPS) is 11.5. The zero-order valence-corrected chi connectivity index (χ0v) is 12.9. The van der Waals surface area contributed by atoms with Crippen molar-refractivity contribution >= 4 is 11.5 Å². The number of nitrogens with one attached hydrogen (secondary N) is 1. The van der Waals surface area contributed by atoms with Gasteiger partial charge in [-0.1, -0.05) is 30.3 Å². The van der Waals surface area contributed by atoms with Crippen LogP contribution in [0, 0.1) is 6.92 Å². The minimum absolute atomic E-state index is 0.307. The monoisotopic (exact) mass is 322 g/mol. The van der Waals surface area contributed by atoms with Crippen LogP contribution in [0.25, 0.3) is 5.70 Å². The maximum Gasteiger partial charge on any atom is 0.332 e. The molecule has 6 nitrogen and oxygen atoms in total. The fraction of sp³-hybridized carbons (Fsp3) is 0.0556. The summed E-state index contributed by atoms with van der Waals surface area (Å²) < 4.78 is 6.18. The fourth-order valence-electron chi connectivity index (χ4n) is 2.26. The van der Waals surface area contributed by atoms with Crippen LogP contribution in [0.5, 0.6) is 0 Å². The number of hydrogen-bond donors (Lipinski definition) is 1. The smallest absolute Gasteiger partial charge is 0.332 e. The lowest BCUT2D eigenvalue weighted by molar-refractivity contribution is 0.104. The van der Waals surface area contributed by atoms with E-state index in [1.807, 2.05) is 6.07 Å². The predicted octanol–water partition coefficient (Wildman–Crippen LogP) is 2.21. The summed E-state index contributed by atoms with van der Waals surface area (Å²) in [6.07, 6.45) is 5.50. The molecule has 120 valence electrons. The van der Waals surface area contributed by atoms with Crippen LogP contribution in [0.4, 0.5) is 0 Å². The van der Waals surface area contributed by atoms with Crippen LogP contribution < -0.4 is 11.2 Å². The van der Waals surface area contributed by atoms with Crippen LogP contribution in [0.1, 0.15) is 21.5 Å². The summed E-state index contributed by atoms with van der Waals surface area (Å²) in [6, 6.07) is 10.5. The zero-order chi connectivity index (χ0) is 17.1. The van der Waals surface area contributed by atoms with Gasteiger partial charge in [-0.15, -0.1) is 0 Å². The molecule has 0 unspecified atom stereocenters. The number of hydrogen-bond acceptors (Lipinski definition) is 4. The van der Waals surface area contributed by atoms with Crippen LogP contribution in [-0.2, 0) is 0 Å². The Hall–Kier alpha value is -3.41. The third-order valence-electron chi connectivity index (χ3n) is 3.52. The van der Waals surface area contributed by atoms with E-state index in [1.54, 1.807) is 37.3 Å². The lowest BCUT2D eigenvalue weighted by Crippen LogP contribution is -2.30. The number of H-pyrrole nitrogens is 1. The largest absolute Gasteiger partial charge is 0.472 e. The van der Waals surface area contributed by atoms with Gasteiger partial charge in [0.15, 0.2) is 5.78 Å². The molecule has 2 heterocycles. The maximum absolute atomic E-state index is 12.4. The molecule has 0 radical (unpaired) electrons. The number of carbonyl (C=O) groups is 1. The first-order valence-electron chi connectivity index (χ1n) is 7.23. The number of carbonyl (C=O) groups excluding carboxylic acids is 1. The molecule has 6 heteroatoms. The highest BCUT2D eigenvalue weighted by Gasteiger charge is 2.12. The lowest BCUT2D eigenvalue weighted by Gasteiger charge is -2.11. The summed E-state index contributed by atoms with van der Waals surface area (Å²) in [5.41, 5.74) is 0.712. The van der Waals surface area contributed by atoms with E-state index >= 15 is 0 Å². The Labute approximate surface area is 136 Å². The number of benzene rings is 1. The molecule has 0 fully saturated rings. The number of nitrogens with zero attached hydrogens (tertiary/aromatic N) is 1. The first-order chi connectivity index (χ1) is 11.6. The molecule has 0 saturated heterocycles. The summed E-state index contributed by atoms with van der Waals surface area (Å²) in [7, 11) is 0. The second-order valence-electron chi connectivity index (χ2n) is 5.21. The van der Waals surface area contributed by atoms with Crippen LogP contribution >= 0.6 is 0 Å². The van der Waals surface area contributed by atoms with Crippen LogP contribution in [0.2, 0.25) is 0 Å². The number of aromatic amines is 1. The van der Waals surface area contributed by atoms with E-state index in [-0.39, 0.29) is 5.78 Å². The zero-order valence-electron chi connectivity index (χ0n) is 12.9. The average molecular weight is 322 g/mol. The van der Waals surface area contributed by atoms with E-state index in [9.17, 15) is 14.4 Å². The van der Waals surface area contributed by atoms with Gasteiger partial charge in [-0.25, -0.2) is 4.79 Å². The van der Waals surface area contributed by atoms with Crippen molar-refractivity contribution in [3.63, 3.8) is 0 Å². The quantitative estimate of drug-likeness (QED) is 0.589.